The first-order valence-corrected chi connectivity index (χ1v) is 9.17. The van der Waals surface area contributed by atoms with Crippen molar-refractivity contribution in [1.29, 1.82) is 0 Å². The van der Waals surface area contributed by atoms with Gasteiger partial charge in [0.2, 0.25) is 4.96 Å². The van der Waals surface area contributed by atoms with E-state index in [0.717, 1.165) is 22.4 Å². The van der Waals surface area contributed by atoms with Gasteiger partial charge >= 0.3 is 0 Å². The van der Waals surface area contributed by atoms with Crippen molar-refractivity contribution in [3.63, 3.8) is 0 Å². The number of para-hydroxylation sites is 1. The van der Waals surface area contributed by atoms with Gasteiger partial charge in [0.25, 0.3) is 5.56 Å². The molecule has 0 aliphatic rings. The van der Waals surface area contributed by atoms with E-state index in [-0.39, 0.29) is 5.56 Å². The Morgan fingerprint density at radius 3 is 2.81 bits per heavy atom. The molecule has 4 rings (SSSR count). The number of benzene rings is 2. The lowest BCUT2D eigenvalue weighted by Crippen LogP contribution is -2.23. The van der Waals surface area contributed by atoms with Gasteiger partial charge in [-0.15, -0.1) is 5.10 Å². The molecule has 130 valence electrons. The molecule has 0 unspecified atom stereocenters. The molecule has 26 heavy (non-hydrogen) atoms. The zero-order valence-electron chi connectivity index (χ0n) is 14.5. The first-order chi connectivity index (χ1) is 12.7. The van der Waals surface area contributed by atoms with E-state index in [1.807, 2.05) is 68.5 Å². The summed E-state index contributed by atoms with van der Waals surface area (Å²) < 4.78 is 7.58. The van der Waals surface area contributed by atoms with Crippen molar-refractivity contribution in [3.05, 3.63) is 74.5 Å². The van der Waals surface area contributed by atoms with E-state index in [0.29, 0.717) is 21.9 Å². The van der Waals surface area contributed by atoms with Gasteiger partial charge in [0.05, 0.1) is 11.1 Å². The molecule has 0 fully saturated rings. The smallest absolute Gasteiger partial charge is 0.291 e. The minimum absolute atomic E-state index is 0.164. The van der Waals surface area contributed by atoms with Crippen molar-refractivity contribution in [2.24, 2.45) is 0 Å². The molecule has 0 N–H and O–H groups in total. The Kier molecular flexibility index (Phi) is 4.26. The highest BCUT2D eigenvalue weighted by atomic mass is 32.1. The lowest BCUT2D eigenvalue weighted by molar-refractivity contribution is 0.339. The summed E-state index contributed by atoms with van der Waals surface area (Å²) >= 11 is 1.33. The van der Waals surface area contributed by atoms with Crippen LogP contribution in [0, 0.1) is 6.92 Å². The van der Waals surface area contributed by atoms with Crippen LogP contribution in [0.3, 0.4) is 0 Å². The third kappa shape index (κ3) is 2.99. The summed E-state index contributed by atoms with van der Waals surface area (Å²) in [5.74, 6) is 1.33. The highest BCUT2D eigenvalue weighted by molar-refractivity contribution is 7.15. The highest BCUT2D eigenvalue weighted by Crippen LogP contribution is 2.20. The van der Waals surface area contributed by atoms with Gasteiger partial charge in [-0.1, -0.05) is 53.3 Å². The number of aromatic nitrogens is 3. The Morgan fingerprint density at radius 1 is 1.19 bits per heavy atom. The molecule has 0 aliphatic heterocycles. The summed E-state index contributed by atoms with van der Waals surface area (Å²) in [6.45, 7) is 4.53. The summed E-state index contributed by atoms with van der Waals surface area (Å²) in [7, 11) is 0. The molecule has 4 aromatic rings. The fraction of sp³-hybridized carbons (Fsp3) is 0.150. The van der Waals surface area contributed by atoms with Gasteiger partial charge in [-0.3, -0.25) is 4.79 Å². The van der Waals surface area contributed by atoms with Gasteiger partial charge in [-0.05, 0) is 32.1 Å². The first-order valence-electron chi connectivity index (χ1n) is 8.36. The normalized spacial score (nSPS) is 12.0. The predicted octanol–water partition coefficient (Wildman–Crippen LogP) is 3.07. The van der Waals surface area contributed by atoms with E-state index >= 15 is 0 Å². The molecule has 2 heterocycles. The summed E-state index contributed by atoms with van der Waals surface area (Å²) in [4.78, 5) is 17.8. The standard InChI is InChI=1S/C20H17N3O2S/c1-3-25-16-10-5-4-8-14(16)12-17-19(24)23-20(26-17)21-18(22-23)15-9-6-7-13(2)11-15/h4-12H,3H2,1-2H3. The van der Waals surface area contributed by atoms with Gasteiger partial charge < -0.3 is 4.74 Å². The number of rotatable bonds is 4. The fourth-order valence-electron chi connectivity index (χ4n) is 2.77. The van der Waals surface area contributed by atoms with Crippen LogP contribution in [0.15, 0.2) is 53.3 Å². The molecule has 6 heteroatoms. The molecule has 0 atom stereocenters. The number of hydrogen-bond acceptors (Lipinski definition) is 5. The second kappa shape index (κ2) is 6.72. The molecule has 0 radical (unpaired) electrons. The zero-order valence-corrected chi connectivity index (χ0v) is 15.3. The van der Waals surface area contributed by atoms with Gasteiger partial charge in [0, 0.05) is 11.1 Å². The Labute approximate surface area is 154 Å². The minimum atomic E-state index is -0.164. The number of aryl methyl sites for hydroxylation is 1. The Bertz CT molecular complexity index is 1190. The number of fused-ring (bicyclic) bond motifs is 1. The van der Waals surface area contributed by atoms with Crippen molar-refractivity contribution in [2.75, 3.05) is 6.61 Å². The van der Waals surface area contributed by atoms with E-state index in [9.17, 15) is 4.79 Å². The monoisotopic (exact) mass is 363 g/mol. The Morgan fingerprint density at radius 2 is 2.04 bits per heavy atom. The van der Waals surface area contributed by atoms with Gasteiger partial charge in [-0.25, -0.2) is 0 Å². The average molecular weight is 363 g/mol. The Balaban J connectivity index is 1.81. The molecule has 0 saturated carbocycles. The molecule has 0 spiro atoms. The van der Waals surface area contributed by atoms with Crippen molar-refractivity contribution in [3.8, 4) is 17.1 Å². The molecular weight excluding hydrogens is 346 g/mol. The summed E-state index contributed by atoms with van der Waals surface area (Å²) in [5.41, 5.74) is 2.75. The summed E-state index contributed by atoms with van der Waals surface area (Å²) in [6.07, 6.45) is 1.83. The SMILES string of the molecule is CCOc1ccccc1C=c1sc2nc(-c3cccc(C)c3)nn2c1=O. The van der Waals surface area contributed by atoms with Crippen LogP contribution in [0.25, 0.3) is 22.4 Å². The number of thiazole rings is 1. The highest BCUT2D eigenvalue weighted by Gasteiger charge is 2.12. The second-order valence-corrected chi connectivity index (χ2v) is 6.90. The van der Waals surface area contributed by atoms with Crippen molar-refractivity contribution in [1.82, 2.24) is 14.6 Å². The van der Waals surface area contributed by atoms with Crippen molar-refractivity contribution < 1.29 is 4.74 Å². The first kappa shape index (κ1) is 16.5. The van der Waals surface area contributed by atoms with E-state index in [2.05, 4.69) is 10.1 Å². The van der Waals surface area contributed by atoms with Crippen LogP contribution < -0.4 is 14.8 Å². The average Bonchev–Trinajstić information content (AvgIpc) is 3.17. The van der Waals surface area contributed by atoms with Crippen LogP contribution >= 0.6 is 11.3 Å². The maximum Gasteiger partial charge on any atom is 0.291 e. The van der Waals surface area contributed by atoms with E-state index in [4.69, 9.17) is 4.74 Å². The van der Waals surface area contributed by atoms with Crippen molar-refractivity contribution >= 4 is 22.4 Å². The minimum Gasteiger partial charge on any atom is -0.493 e. The van der Waals surface area contributed by atoms with Crippen LogP contribution in [-0.2, 0) is 0 Å². The maximum atomic E-state index is 12.7. The third-order valence-corrected chi connectivity index (χ3v) is 4.92. The van der Waals surface area contributed by atoms with E-state index in [1.54, 1.807) is 0 Å². The molecule has 0 amide bonds. The number of ether oxygens (including phenoxy) is 1. The molecule has 2 aromatic heterocycles. The largest absolute Gasteiger partial charge is 0.493 e. The molecule has 5 nitrogen and oxygen atoms in total. The van der Waals surface area contributed by atoms with Crippen LogP contribution in [0.2, 0.25) is 0 Å². The van der Waals surface area contributed by atoms with E-state index in [1.165, 1.54) is 15.9 Å². The van der Waals surface area contributed by atoms with Gasteiger partial charge in [0.15, 0.2) is 5.82 Å². The second-order valence-electron chi connectivity index (χ2n) is 5.89. The van der Waals surface area contributed by atoms with Gasteiger partial charge in [0.1, 0.15) is 5.75 Å². The zero-order chi connectivity index (χ0) is 18.1. The lowest BCUT2D eigenvalue weighted by Gasteiger charge is -2.05. The summed E-state index contributed by atoms with van der Waals surface area (Å²) in [6, 6.07) is 15.6. The fourth-order valence-corrected chi connectivity index (χ4v) is 3.67. The molecule has 2 aromatic carbocycles. The molecule has 0 aliphatic carbocycles. The summed E-state index contributed by atoms with van der Waals surface area (Å²) in [5, 5.41) is 4.40. The third-order valence-electron chi connectivity index (χ3n) is 3.96. The predicted molar refractivity (Wildman–Crippen MR) is 104 cm³/mol. The van der Waals surface area contributed by atoms with Crippen LogP contribution in [0.5, 0.6) is 5.75 Å². The number of hydrogen-bond donors (Lipinski definition) is 0. The quantitative estimate of drug-likeness (QED) is 0.559. The van der Waals surface area contributed by atoms with Gasteiger partial charge in [-0.2, -0.15) is 9.50 Å². The maximum absolute atomic E-state index is 12.7. The Hall–Kier alpha value is -2.99. The van der Waals surface area contributed by atoms with Crippen LogP contribution in [0.4, 0.5) is 0 Å². The van der Waals surface area contributed by atoms with Crippen LogP contribution in [-0.4, -0.2) is 21.2 Å². The number of nitrogens with zero attached hydrogens (tertiary/aromatic N) is 3. The van der Waals surface area contributed by atoms with E-state index < -0.39 is 0 Å². The molecule has 0 saturated heterocycles. The van der Waals surface area contributed by atoms with Crippen LogP contribution in [0.1, 0.15) is 18.1 Å². The van der Waals surface area contributed by atoms with Crippen molar-refractivity contribution in [2.45, 2.75) is 13.8 Å². The topological polar surface area (TPSA) is 56.5 Å². The molecule has 0 bridgehead atoms. The molecular formula is C20H17N3O2S. The lowest BCUT2D eigenvalue weighted by atomic mass is 10.1.